The van der Waals surface area contributed by atoms with E-state index in [4.69, 9.17) is 11.6 Å². The van der Waals surface area contributed by atoms with Gasteiger partial charge >= 0.3 is 0 Å². The monoisotopic (exact) mass is 358 g/mol. The predicted molar refractivity (Wildman–Crippen MR) is 86.3 cm³/mol. The third-order valence-corrected chi connectivity index (χ3v) is 4.01. The van der Waals surface area contributed by atoms with E-state index in [0.29, 0.717) is 21.7 Å². The van der Waals surface area contributed by atoms with Crippen molar-refractivity contribution in [2.45, 2.75) is 0 Å². The number of fused-ring (bicyclic) bond motifs is 1. The van der Waals surface area contributed by atoms with Crippen LogP contribution in [0.2, 0.25) is 5.02 Å². The van der Waals surface area contributed by atoms with Gasteiger partial charge in [0.2, 0.25) is 5.88 Å². The van der Waals surface area contributed by atoms with E-state index >= 15 is 0 Å². The highest BCUT2D eigenvalue weighted by molar-refractivity contribution is 9.10. The number of hydrogen-bond acceptors (Lipinski definition) is 3. The van der Waals surface area contributed by atoms with Crippen LogP contribution in [0.25, 0.3) is 22.0 Å². The Morgan fingerprint density at radius 3 is 2.67 bits per heavy atom. The topological polar surface area (TPSA) is 56.9 Å². The summed E-state index contributed by atoms with van der Waals surface area (Å²) in [5.74, 6) is -0.294. The van der Waals surface area contributed by atoms with E-state index in [2.05, 4.69) is 20.9 Å². The molecule has 0 fully saturated rings. The van der Waals surface area contributed by atoms with Crippen LogP contribution in [0.1, 0.15) is 5.56 Å². The molecular weight excluding hydrogens is 352 g/mol. The van der Waals surface area contributed by atoms with Crippen molar-refractivity contribution in [2.24, 2.45) is 0 Å². The summed E-state index contributed by atoms with van der Waals surface area (Å²) in [5, 5.41) is 20.7. The molecule has 0 aliphatic heterocycles. The maximum Gasteiger partial charge on any atom is 0.230 e. The zero-order chi connectivity index (χ0) is 15.0. The molecule has 21 heavy (non-hydrogen) atoms. The highest BCUT2D eigenvalue weighted by Crippen LogP contribution is 2.39. The fourth-order valence-electron chi connectivity index (χ4n) is 2.27. The minimum Gasteiger partial charge on any atom is -0.492 e. The predicted octanol–water partition coefficient (Wildman–Crippen LogP) is 4.89. The Morgan fingerprint density at radius 2 is 1.95 bits per heavy atom. The quantitative estimate of drug-likeness (QED) is 0.672. The fraction of sp³-hybridized carbons (Fsp3) is 0. The molecule has 0 amide bonds. The van der Waals surface area contributed by atoms with Crippen LogP contribution >= 0.6 is 27.5 Å². The molecule has 0 aliphatic rings. The second kappa shape index (κ2) is 5.36. The number of aromatic nitrogens is 1. The van der Waals surface area contributed by atoms with Gasteiger partial charge in [-0.15, -0.1) is 0 Å². The molecule has 0 spiro atoms. The van der Waals surface area contributed by atoms with Crippen molar-refractivity contribution in [1.29, 1.82) is 5.26 Å². The summed E-state index contributed by atoms with van der Waals surface area (Å²) in [5.41, 5.74) is 2.01. The molecule has 3 nitrogen and oxygen atoms in total. The normalized spacial score (nSPS) is 10.5. The summed E-state index contributed by atoms with van der Waals surface area (Å²) >= 11 is 9.63. The summed E-state index contributed by atoms with van der Waals surface area (Å²) in [6, 6.07) is 14.7. The van der Waals surface area contributed by atoms with Gasteiger partial charge < -0.3 is 5.11 Å². The third kappa shape index (κ3) is 2.35. The van der Waals surface area contributed by atoms with Gasteiger partial charge in [-0.25, -0.2) is 4.98 Å². The highest BCUT2D eigenvalue weighted by atomic mass is 79.9. The molecule has 0 radical (unpaired) electrons. The average molecular weight is 360 g/mol. The van der Waals surface area contributed by atoms with Crippen LogP contribution < -0.4 is 0 Å². The number of rotatable bonds is 1. The number of halogens is 2. The standard InChI is InChI=1S/C16H8BrClN2O/c17-9-5-6-11-14(7-9)20-16(21)12(8-19)15(11)10-3-1-2-4-13(10)18/h1-7H,(H,20,21). The Hall–Kier alpha value is -2.09. The summed E-state index contributed by atoms with van der Waals surface area (Å²) in [6.07, 6.45) is 0. The van der Waals surface area contributed by atoms with Crippen LogP contribution in [0, 0.1) is 11.3 Å². The van der Waals surface area contributed by atoms with Crippen molar-refractivity contribution in [1.82, 2.24) is 4.98 Å². The molecule has 3 rings (SSSR count). The first kappa shape index (κ1) is 13.9. The molecule has 2 aromatic carbocycles. The van der Waals surface area contributed by atoms with Crippen molar-refractivity contribution >= 4 is 38.4 Å². The van der Waals surface area contributed by atoms with Gasteiger partial charge in [0, 0.05) is 26.0 Å². The third-order valence-electron chi connectivity index (χ3n) is 3.18. The Morgan fingerprint density at radius 1 is 1.19 bits per heavy atom. The van der Waals surface area contributed by atoms with Gasteiger partial charge in [-0.1, -0.05) is 51.8 Å². The molecule has 0 bridgehead atoms. The van der Waals surface area contributed by atoms with Crippen molar-refractivity contribution in [3.63, 3.8) is 0 Å². The summed E-state index contributed by atoms with van der Waals surface area (Å²) in [6.45, 7) is 0. The Balaban J connectivity index is 2.50. The lowest BCUT2D eigenvalue weighted by Crippen LogP contribution is -1.92. The second-order valence-corrected chi connectivity index (χ2v) is 5.76. The minimum atomic E-state index is -0.294. The van der Waals surface area contributed by atoms with Crippen molar-refractivity contribution in [2.75, 3.05) is 0 Å². The highest BCUT2D eigenvalue weighted by Gasteiger charge is 2.18. The van der Waals surface area contributed by atoms with Gasteiger partial charge in [-0.3, -0.25) is 0 Å². The SMILES string of the molecule is N#Cc1c(O)nc2cc(Br)ccc2c1-c1ccccc1Cl. The number of pyridine rings is 1. The van der Waals surface area contributed by atoms with Gasteiger partial charge in [0.05, 0.1) is 5.52 Å². The van der Waals surface area contributed by atoms with Crippen LogP contribution in [0.5, 0.6) is 5.88 Å². The lowest BCUT2D eigenvalue weighted by atomic mass is 9.96. The smallest absolute Gasteiger partial charge is 0.230 e. The molecule has 1 aromatic heterocycles. The average Bonchev–Trinajstić information content (AvgIpc) is 2.46. The lowest BCUT2D eigenvalue weighted by molar-refractivity contribution is 0.454. The molecule has 0 atom stereocenters. The molecule has 0 aliphatic carbocycles. The first-order valence-electron chi connectivity index (χ1n) is 6.09. The van der Waals surface area contributed by atoms with E-state index < -0.39 is 0 Å². The number of benzene rings is 2. The number of aromatic hydroxyl groups is 1. The summed E-state index contributed by atoms with van der Waals surface area (Å²) in [4.78, 5) is 4.08. The van der Waals surface area contributed by atoms with Crippen molar-refractivity contribution in [3.8, 4) is 23.1 Å². The van der Waals surface area contributed by atoms with E-state index in [0.717, 1.165) is 9.86 Å². The van der Waals surface area contributed by atoms with Crippen LogP contribution in [-0.2, 0) is 0 Å². The van der Waals surface area contributed by atoms with Gasteiger partial charge in [0.1, 0.15) is 11.6 Å². The fourth-order valence-corrected chi connectivity index (χ4v) is 2.85. The molecule has 0 unspecified atom stereocenters. The van der Waals surface area contributed by atoms with Gasteiger partial charge in [-0.2, -0.15) is 5.26 Å². The maximum atomic E-state index is 10.0. The van der Waals surface area contributed by atoms with Crippen LogP contribution in [-0.4, -0.2) is 10.1 Å². The van der Waals surface area contributed by atoms with E-state index in [1.54, 1.807) is 12.1 Å². The van der Waals surface area contributed by atoms with E-state index in [1.165, 1.54) is 0 Å². The van der Waals surface area contributed by atoms with Crippen molar-refractivity contribution in [3.05, 3.63) is 57.5 Å². The molecule has 1 heterocycles. The molecule has 5 heteroatoms. The van der Waals surface area contributed by atoms with Crippen LogP contribution in [0.4, 0.5) is 0 Å². The molecule has 3 aromatic rings. The van der Waals surface area contributed by atoms with Gasteiger partial charge in [-0.05, 0) is 18.2 Å². The lowest BCUT2D eigenvalue weighted by Gasteiger charge is -2.11. The Kier molecular flexibility index (Phi) is 3.54. The Labute approximate surface area is 134 Å². The molecule has 1 N–H and O–H groups in total. The molecule has 102 valence electrons. The zero-order valence-electron chi connectivity index (χ0n) is 10.6. The zero-order valence-corrected chi connectivity index (χ0v) is 13.0. The summed E-state index contributed by atoms with van der Waals surface area (Å²) in [7, 11) is 0. The number of hydrogen-bond donors (Lipinski definition) is 1. The first-order chi connectivity index (χ1) is 10.1. The van der Waals surface area contributed by atoms with Gasteiger partial charge in [0.15, 0.2) is 0 Å². The number of nitrogens with zero attached hydrogens (tertiary/aromatic N) is 2. The van der Waals surface area contributed by atoms with Crippen LogP contribution in [0.3, 0.4) is 0 Å². The van der Waals surface area contributed by atoms with Gasteiger partial charge in [0.25, 0.3) is 0 Å². The number of nitriles is 1. The second-order valence-electron chi connectivity index (χ2n) is 4.44. The minimum absolute atomic E-state index is 0.123. The first-order valence-corrected chi connectivity index (χ1v) is 7.26. The van der Waals surface area contributed by atoms with Crippen LogP contribution in [0.15, 0.2) is 46.9 Å². The van der Waals surface area contributed by atoms with Crippen molar-refractivity contribution < 1.29 is 5.11 Å². The van der Waals surface area contributed by atoms with E-state index in [-0.39, 0.29) is 11.4 Å². The molecule has 0 saturated carbocycles. The van der Waals surface area contributed by atoms with E-state index in [9.17, 15) is 10.4 Å². The van der Waals surface area contributed by atoms with E-state index in [1.807, 2.05) is 36.4 Å². The summed E-state index contributed by atoms with van der Waals surface area (Å²) < 4.78 is 0.844. The largest absolute Gasteiger partial charge is 0.492 e. The molecule has 0 saturated heterocycles. The Bertz CT molecular complexity index is 903. The maximum absolute atomic E-state index is 10.0. The molecular formula is C16H8BrClN2O.